The largest absolute Gasteiger partial charge is 0.340 e. The molecule has 118 valence electrons. The van der Waals surface area contributed by atoms with Crippen LogP contribution in [0.3, 0.4) is 0 Å². The fourth-order valence-electron chi connectivity index (χ4n) is 4.07. The van der Waals surface area contributed by atoms with Crippen LogP contribution in [-0.4, -0.2) is 41.9 Å². The van der Waals surface area contributed by atoms with Gasteiger partial charge in [-0.25, -0.2) is 0 Å². The lowest BCUT2D eigenvalue weighted by Crippen LogP contribution is -2.49. The van der Waals surface area contributed by atoms with Crippen LogP contribution in [-0.2, 0) is 17.6 Å². The highest BCUT2D eigenvalue weighted by atomic mass is 16.2. The van der Waals surface area contributed by atoms with E-state index in [1.807, 2.05) is 0 Å². The van der Waals surface area contributed by atoms with Gasteiger partial charge in [-0.05, 0) is 48.8 Å². The minimum Gasteiger partial charge on any atom is -0.340 e. The van der Waals surface area contributed by atoms with Crippen LogP contribution in [0.4, 0.5) is 0 Å². The zero-order chi connectivity index (χ0) is 15.1. The lowest BCUT2D eigenvalue weighted by Gasteiger charge is -2.38. The van der Waals surface area contributed by atoms with Gasteiger partial charge in [0.15, 0.2) is 0 Å². The first-order valence-electron chi connectivity index (χ1n) is 8.91. The standard InChI is InChI=1S/C19H26N2O/c1-2-14-3-4-15-7-8-18(17(15)13-14)20-9-11-21(12-10-20)19(22)16-5-6-16/h3-4,13,16,18H,2,5-12H2,1H3. The molecule has 0 bridgehead atoms. The van der Waals surface area contributed by atoms with E-state index in [1.54, 1.807) is 11.1 Å². The van der Waals surface area contributed by atoms with Crippen molar-refractivity contribution in [1.82, 2.24) is 9.80 Å². The summed E-state index contributed by atoms with van der Waals surface area (Å²) in [5.41, 5.74) is 4.55. The number of carbonyl (C=O) groups excluding carboxylic acids is 1. The van der Waals surface area contributed by atoms with Gasteiger partial charge in [0.2, 0.25) is 5.91 Å². The zero-order valence-electron chi connectivity index (χ0n) is 13.6. The highest BCUT2D eigenvalue weighted by molar-refractivity contribution is 5.81. The Morgan fingerprint density at radius 1 is 1.14 bits per heavy atom. The summed E-state index contributed by atoms with van der Waals surface area (Å²) in [7, 11) is 0. The molecule has 2 aliphatic carbocycles. The number of carbonyl (C=O) groups is 1. The van der Waals surface area contributed by atoms with Gasteiger partial charge in [0.05, 0.1) is 0 Å². The van der Waals surface area contributed by atoms with Crippen molar-refractivity contribution in [3.63, 3.8) is 0 Å². The van der Waals surface area contributed by atoms with E-state index in [0.29, 0.717) is 17.9 Å². The number of benzene rings is 1. The molecular formula is C19H26N2O. The van der Waals surface area contributed by atoms with E-state index in [1.165, 1.54) is 18.4 Å². The Kier molecular flexibility index (Phi) is 3.69. The molecule has 1 saturated heterocycles. The van der Waals surface area contributed by atoms with Crippen LogP contribution in [0, 0.1) is 5.92 Å². The SMILES string of the molecule is CCc1ccc2c(c1)C(N1CCN(C(=O)C3CC3)CC1)CC2. The molecule has 22 heavy (non-hydrogen) atoms. The van der Waals surface area contributed by atoms with Crippen LogP contribution in [0.2, 0.25) is 0 Å². The molecule has 1 saturated carbocycles. The number of hydrogen-bond acceptors (Lipinski definition) is 2. The number of amides is 1. The van der Waals surface area contributed by atoms with Crippen molar-refractivity contribution in [3.05, 3.63) is 34.9 Å². The van der Waals surface area contributed by atoms with Gasteiger partial charge < -0.3 is 4.90 Å². The van der Waals surface area contributed by atoms with E-state index >= 15 is 0 Å². The van der Waals surface area contributed by atoms with Crippen molar-refractivity contribution >= 4 is 5.91 Å². The number of nitrogens with zero attached hydrogens (tertiary/aromatic N) is 2. The molecule has 4 rings (SSSR count). The second kappa shape index (κ2) is 5.69. The lowest BCUT2D eigenvalue weighted by molar-refractivity contribution is -0.134. The lowest BCUT2D eigenvalue weighted by atomic mass is 10.0. The summed E-state index contributed by atoms with van der Waals surface area (Å²) in [4.78, 5) is 16.9. The smallest absolute Gasteiger partial charge is 0.225 e. The maximum Gasteiger partial charge on any atom is 0.225 e. The third kappa shape index (κ3) is 2.56. The van der Waals surface area contributed by atoms with E-state index in [-0.39, 0.29) is 0 Å². The van der Waals surface area contributed by atoms with Crippen LogP contribution >= 0.6 is 0 Å². The van der Waals surface area contributed by atoms with Gasteiger partial charge in [-0.1, -0.05) is 25.1 Å². The van der Waals surface area contributed by atoms with Crippen molar-refractivity contribution in [1.29, 1.82) is 0 Å². The minimum absolute atomic E-state index is 0.367. The Morgan fingerprint density at radius 2 is 1.91 bits per heavy atom. The number of aryl methyl sites for hydroxylation is 2. The first kappa shape index (κ1) is 14.3. The van der Waals surface area contributed by atoms with Gasteiger partial charge in [0, 0.05) is 38.1 Å². The number of rotatable bonds is 3. The molecular weight excluding hydrogens is 272 g/mol. The molecule has 3 aliphatic rings. The quantitative estimate of drug-likeness (QED) is 0.856. The molecule has 1 atom stereocenters. The Labute approximate surface area is 133 Å². The summed E-state index contributed by atoms with van der Waals surface area (Å²) in [6.07, 6.45) is 5.82. The molecule has 0 radical (unpaired) electrons. The Morgan fingerprint density at radius 3 is 2.59 bits per heavy atom. The number of piperazine rings is 1. The average molecular weight is 298 g/mol. The van der Waals surface area contributed by atoms with E-state index in [9.17, 15) is 4.79 Å². The molecule has 0 N–H and O–H groups in total. The van der Waals surface area contributed by atoms with E-state index in [2.05, 4.69) is 34.9 Å². The molecule has 1 aliphatic heterocycles. The molecule has 3 nitrogen and oxygen atoms in total. The van der Waals surface area contributed by atoms with Gasteiger partial charge in [-0.3, -0.25) is 9.69 Å². The van der Waals surface area contributed by atoms with Crippen LogP contribution in [0.25, 0.3) is 0 Å². The third-order valence-corrected chi connectivity index (χ3v) is 5.66. The Bertz CT molecular complexity index is 571. The van der Waals surface area contributed by atoms with Crippen LogP contribution in [0.5, 0.6) is 0 Å². The summed E-state index contributed by atoms with van der Waals surface area (Å²) < 4.78 is 0. The third-order valence-electron chi connectivity index (χ3n) is 5.66. The molecule has 1 aromatic rings. The van der Waals surface area contributed by atoms with E-state index < -0.39 is 0 Å². The highest BCUT2D eigenvalue weighted by Gasteiger charge is 2.36. The zero-order valence-corrected chi connectivity index (χ0v) is 13.6. The first-order chi connectivity index (χ1) is 10.8. The van der Waals surface area contributed by atoms with Gasteiger partial charge in [-0.15, -0.1) is 0 Å². The highest BCUT2D eigenvalue weighted by Crippen LogP contribution is 2.37. The van der Waals surface area contributed by atoms with Crippen molar-refractivity contribution in [2.45, 2.75) is 45.1 Å². The van der Waals surface area contributed by atoms with Crippen molar-refractivity contribution in [2.24, 2.45) is 5.92 Å². The normalized spacial score (nSPS) is 25.3. The number of hydrogen-bond donors (Lipinski definition) is 0. The van der Waals surface area contributed by atoms with Crippen LogP contribution in [0.15, 0.2) is 18.2 Å². The van der Waals surface area contributed by atoms with Gasteiger partial charge in [0.25, 0.3) is 0 Å². The molecule has 2 fully saturated rings. The Hall–Kier alpha value is -1.35. The maximum absolute atomic E-state index is 12.2. The van der Waals surface area contributed by atoms with Gasteiger partial charge in [0.1, 0.15) is 0 Å². The van der Waals surface area contributed by atoms with E-state index in [4.69, 9.17) is 0 Å². The molecule has 0 aromatic heterocycles. The first-order valence-corrected chi connectivity index (χ1v) is 8.91. The molecule has 1 heterocycles. The molecule has 0 spiro atoms. The van der Waals surface area contributed by atoms with Crippen molar-refractivity contribution in [3.8, 4) is 0 Å². The van der Waals surface area contributed by atoms with E-state index in [0.717, 1.165) is 45.4 Å². The summed E-state index contributed by atoms with van der Waals surface area (Å²) in [6.45, 7) is 6.16. The predicted molar refractivity (Wildman–Crippen MR) is 87.8 cm³/mol. The van der Waals surface area contributed by atoms with Crippen molar-refractivity contribution < 1.29 is 4.79 Å². The predicted octanol–water partition coefficient (Wildman–Crippen LogP) is 2.79. The molecule has 3 heteroatoms. The molecule has 1 unspecified atom stereocenters. The monoisotopic (exact) mass is 298 g/mol. The summed E-state index contributed by atoms with van der Waals surface area (Å²) in [5.74, 6) is 0.783. The maximum atomic E-state index is 12.2. The van der Waals surface area contributed by atoms with Crippen LogP contribution < -0.4 is 0 Å². The topological polar surface area (TPSA) is 23.6 Å². The minimum atomic E-state index is 0.367. The van der Waals surface area contributed by atoms with Crippen molar-refractivity contribution in [2.75, 3.05) is 26.2 Å². The molecule has 1 aromatic carbocycles. The molecule has 1 amide bonds. The van der Waals surface area contributed by atoms with Gasteiger partial charge >= 0.3 is 0 Å². The van der Waals surface area contributed by atoms with Gasteiger partial charge in [-0.2, -0.15) is 0 Å². The second-order valence-corrected chi connectivity index (χ2v) is 7.08. The fraction of sp³-hybridized carbons (Fsp3) is 0.632. The van der Waals surface area contributed by atoms with Crippen LogP contribution in [0.1, 0.15) is 48.9 Å². The number of fused-ring (bicyclic) bond motifs is 1. The summed E-state index contributed by atoms with van der Waals surface area (Å²) >= 11 is 0. The second-order valence-electron chi connectivity index (χ2n) is 7.08. The fourth-order valence-corrected chi connectivity index (χ4v) is 4.07. The average Bonchev–Trinajstić information content (AvgIpc) is 3.33. The Balaban J connectivity index is 1.43. The summed E-state index contributed by atoms with van der Waals surface area (Å²) in [5, 5.41) is 0. The summed E-state index contributed by atoms with van der Waals surface area (Å²) in [6, 6.07) is 7.63.